The lowest BCUT2D eigenvalue weighted by Gasteiger charge is -2.04. The van der Waals surface area contributed by atoms with Crippen LogP contribution in [0.5, 0.6) is 0 Å². The molecule has 0 bridgehead atoms. The van der Waals surface area contributed by atoms with Gasteiger partial charge in [-0.3, -0.25) is 4.79 Å². The number of sulfone groups is 1. The van der Waals surface area contributed by atoms with Gasteiger partial charge in [0.1, 0.15) is 5.78 Å². The second-order valence-corrected chi connectivity index (χ2v) is 6.98. The molecule has 0 aromatic heterocycles. The maximum absolute atomic E-state index is 12.4. The summed E-state index contributed by atoms with van der Waals surface area (Å²) < 4.78 is 24.7. The van der Waals surface area contributed by atoms with Crippen LogP contribution in [-0.4, -0.2) is 19.5 Å². The average Bonchev–Trinajstić information content (AvgIpc) is 3.07. The lowest BCUT2D eigenvalue weighted by atomic mass is 10.00. The molecule has 0 N–H and O–H groups in total. The number of hydrogen-bond donors (Lipinski definition) is 0. The molecule has 0 amide bonds. The van der Waals surface area contributed by atoms with Gasteiger partial charge in [0.15, 0.2) is 9.84 Å². The minimum atomic E-state index is -3.30. The van der Waals surface area contributed by atoms with E-state index in [1.54, 1.807) is 30.3 Å². The molecule has 3 atom stereocenters. The van der Waals surface area contributed by atoms with Gasteiger partial charge in [-0.2, -0.15) is 0 Å². The molecular weight excluding hydrogens is 236 g/mol. The van der Waals surface area contributed by atoms with Gasteiger partial charge in [0.2, 0.25) is 0 Å². The predicted octanol–water partition coefficient (Wildman–Crippen LogP) is 1.83. The van der Waals surface area contributed by atoms with Crippen molar-refractivity contribution in [3.05, 3.63) is 30.3 Å². The van der Waals surface area contributed by atoms with E-state index in [1.165, 1.54) is 0 Å². The van der Waals surface area contributed by atoms with Crippen LogP contribution < -0.4 is 0 Å². The van der Waals surface area contributed by atoms with Crippen molar-refractivity contribution >= 4 is 15.6 Å². The van der Waals surface area contributed by atoms with E-state index in [2.05, 4.69) is 0 Å². The molecule has 1 aromatic rings. The predicted molar refractivity (Wildman–Crippen MR) is 63.3 cm³/mol. The fourth-order valence-electron chi connectivity index (χ4n) is 2.98. The smallest absolute Gasteiger partial charge is 0.182 e. The molecule has 3 rings (SSSR count). The summed E-state index contributed by atoms with van der Waals surface area (Å²) >= 11 is 0. The molecule has 0 unspecified atom stereocenters. The summed E-state index contributed by atoms with van der Waals surface area (Å²) in [6, 6.07) is 8.47. The topological polar surface area (TPSA) is 51.2 Å². The van der Waals surface area contributed by atoms with Gasteiger partial charge in [0.25, 0.3) is 0 Å². The van der Waals surface area contributed by atoms with Crippen LogP contribution in [0.25, 0.3) is 0 Å². The highest BCUT2D eigenvalue weighted by molar-refractivity contribution is 7.92. The van der Waals surface area contributed by atoms with E-state index in [0.29, 0.717) is 11.3 Å². The molecule has 0 spiro atoms. The van der Waals surface area contributed by atoms with Crippen molar-refractivity contribution in [1.82, 2.24) is 0 Å². The van der Waals surface area contributed by atoms with E-state index in [9.17, 15) is 13.2 Å². The van der Waals surface area contributed by atoms with Crippen molar-refractivity contribution in [2.75, 3.05) is 0 Å². The highest BCUT2D eigenvalue weighted by Crippen LogP contribution is 2.53. The Bertz CT molecular complexity index is 547. The third-order valence-electron chi connectivity index (χ3n) is 3.86. The van der Waals surface area contributed by atoms with Crippen LogP contribution >= 0.6 is 0 Å². The highest BCUT2D eigenvalue weighted by Gasteiger charge is 2.62. The number of carbonyl (C=O) groups excluding carboxylic acids is 1. The van der Waals surface area contributed by atoms with Crippen LogP contribution in [0.1, 0.15) is 19.3 Å². The molecular formula is C13H14O3S. The lowest BCUT2D eigenvalue weighted by molar-refractivity contribution is -0.121. The fourth-order valence-corrected chi connectivity index (χ4v) is 5.24. The number of hydrogen-bond acceptors (Lipinski definition) is 3. The molecule has 3 nitrogen and oxygen atoms in total. The minimum absolute atomic E-state index is 0.0847. The van der Waals surface area contributed by atoms with Gasteiger partial charge in [0, 0.05) is 12.3 Å². The molecule has 90 valence electrons. The number of benzene rings is 1. The number of rotatable bonds is 2. The summed E-state index contributed by atoms with van der Waals surface area (Å²) in [4.78, 5) is 12.0. The zero-order valence-corrected chi connectivity index (χ0v) is 10.2. The molecule has 0 saturated heterocycles. The van der Waals surface area contributed by atoms with Crippen molar-refractivity contribution < 1.29 is 13.2 Å². The molecule has 2 saturated carbocycles. The van der Waals surface area contributed by atoms with Gasteiger partial charge in [-0.05, 0) is 30.9 Å². The first-order valence-corrected chi connectivity index (χ1v) is 7.48. The molecule has 2 fully saturated rings. The zero-order valence-electron chi connectivity index (χ0n) is 9.37. The van der Waals surface area contributed by atoms with Gasteiger partial charge >= 0.3 is 0 Å². The van der Waals surface area contributed by atoms with Gasteiger partial charge in [-0.15, -0.1) is 0 Å². The Morgan fingerprint density at radius 3 is 2.47 bits per heavy atom. The summed E-state index contributed by atoms with van der Waals surface area (Å²) in [7, 11) is -3.30. The van der Waals surface area contributed by atoms with Crippen molar-refractivity contribution in [1.29, 1.82) is 0 Å². The first-order valence-electron chi connectivity index (χ1n) is 5.94. The Labute approximate surface area is 101 Å². The summed E-state index contributed by atoms with van der Waals surface area (Å²) in [5.41, 5.74) is 0. The lowest BCUT2D eigenvalue weighted by Crippen LogP contribution is -2.13. The van der Waals surface area contributed by atoms with Gasteiger partial charge in [-0.1, -0.05) is 18.2 Å². The maximum Gasteiger partial charge on any atom is 0.182 e. The van der Waals surface area contributed by atoms with E-state index < -0.39 is 15.1 Å². The SMILES string of the molecule is O=C1CCC[C@@H]2[C@H]1[C@H]2S(=O)(=O)c1ccccc1. The third kappa shape index (κ3) is 1.62. The van der Waals surface area contributed by atoms with Crippen LogP contribution in [0.3, 0.4) is 0 Å². The van der Waals surface area contributed by atoms with Crippen molar-refractivity contribution in [2.24, 2.45) is 11.8 Å². The van der Waals surface area contributed by atoms with Gasteiger partial charge in [0.05, 0.1) is 10.1 Å². The number of carbonyl (C=O) groups is 1. The van der Waals surface area contributed by atoms with E-state index in [4.69, 9.17) is 0 Å². The normalized spacial score (nSPS) is 32.0. The Morgan fingerprint density at radius 1 is 1.12 bits per heavy atom. The maximum atomic E-state index is 12.4. The fraction of sp³-hybridized carbons (Fsp3) is 0.462. The van der Waals surface area contributed by atoms with E-state index in [1.807, 2.05) is 0 Å². The van der Waals surface area contributed by atoms with Gasteiger partial charge < -0.3 is 0 Å². The summed E-state index contributed by atoms with van der Waals surface area (Å²) in [6.07, 6.45) is 2.29. The number of fused-ring (bicyclic) bond motifs is 1. The van der Waals surface area contributed by atoms with Crippen LogP contribution in [0.4, 0.5) is 0 Å². The first kappa shape index (κ1) is 11.0. The van der Waals surface area contributed by atoms with Crippen molar-refractivity contribution in [3.8, 4) is 0 Å². The zero-order chi connectivity index (χ0) is 12.0. The van der Waals surface area contributed by atoms with Crippen LogP contribution in [0.2, 0.25) is 0 Å². The summed E-state index contributed by atoms with van der Waals surface area (Å²) in [6.45, 7) is 0. The average molecular weight is 250 g/mol. The second kappa shape index (κ2) is 3.67. The largest absolute Gasteiger partial charge is 0.299 e. The standard InChI is InChI=1S/C13H14O3S/c14-11-8-4-7-10-12(11)13(10)17(15,16)9-5-2-1-3-6-9/h1-3,5-6,10,12-13H,4,7-8H2/t10-,12-,13+/m1/s1. The molecule has 4 heteroatoms. The molecule has 0 aliphatic heterocycles. The Morgan fingerprint density at radius 2 is 1.82 bits per heavy atom. The molecule has 2 aliphatic carbocycles. The summed E-state index contributed by atoms with van der Waals surface area (Å²) in [5.74, 6) is 0.0150. The Balaban J connectivity index is 1.94. The molecule has 17 heavy (non-hydrogen) atoms. The van der Waals surface area contributed by atoms with E-state index in [0.717, 1.165) is 12.8 Å². The second-order valence-electron chi connectivity index (χ2n) is 4.87. The van der Waals surface area contributed by atoms with Crippen molar-refractivity contribution in [3.63, 3.8) is 0 Å². The first-order chi connectivity index (χ1) is 8.12. The third-order valence-corrected chi connectivity index (χ3v) is 6.15. The Kier molecular flexibility index (Phi) is 2.36. The number of ketones is 1. The van der Waals surface area contributed by atoms with Gasteiger partial charge in [-0.25, -0.2) is 8.42 Å². The number of Topliss-reactive ketones (excluding diaryl/α,β-unsaturated/α-hetero) is 1. The molecule has 0 radical (unpaired) electrons. The quantitative estimate of drug-likeness (QED) is 0.804. The van der Waals surface area contributed by atoms with Crippen LogP contribution in [0.15, 0.2) is 35.2 Å². The molecule has 1 aromatic carbocycles. The molecule has 0 heterocycles. The molecule has 2 aliphatic rings. The van der Waals surface area contributed by atoms with E-state index in [-0.39, 0.29) is 17.6 Å². The van der Waals surface area contributed by atoms with Crippen LogP contribution in [-0.2, 0) is 14.6 Å². The Hall–Kier alpha value is -1.16. The highest BCUT2D eigenvalue weighted by atomic mass is 32.2. The minimum Gasteiger partial charge on any atom is -0.299 e. The van der Waals surface area contributed by atoms with Crippen molar-refractivity contribution in [2.45, 2.75) is 29.4 Å². The monoisotopic (exact) mass is 250 g/mol. The van der Waals surface area contributed by atoms with Crippen LogP contribution in [0, 0.1) is 11.8 Å². The van der Waals surface area contributed by atoms with E-state index >= 15 is 0 Å². The summed E-state index contributed by atoms with van der Waals surface area (Å²) in [5, 5.41) is -0.445.